The first-order chi connectivity index (χ1) is 15.9. The topological polar surface area (TPSA) is 115 Å². The maximum absolute atomic E-state index is 12.6. The minimum Gasteiger partial charge on any atom is -0.496 e. The van der Waals surface area contributed by atoms with Crippen LogP contribution < -0.4 is 30.4 Å². The zero-order valence-corrected chi connectivity index (χ0v) is 18.1. The lowest BCUT2D eigenvalue weighted by Crippen LogP contribution is -2.41. The number of ether oxygens (including phenoxy) is 3. The highest BCUT2D eigenvalue weighted by Crippen LogP contribution is 2.32. The van der Waals surface area contributed by atoms with Crippen molar-refractivity contribution in [3.63, 3.8) is 0 Å². The Morgan fingerprint density at radius 3 is 2.42 bits per heavy atom. The van der Waals surface area contributed by atoms with Gasteiger partial charge in [-0.05, 0) is 54.6 Å². The molecule has 9 nitrogen and oxygen atoms in total. The molecule has 3 aromatic carbocycles. The predicted octanol–water partition coefficient (Wildman–Crippen LogP) is 3.40. The molecule has 0 aromatic heterocycles. The fourth-order valence-electron chi connectivity index (χ4n) is 3.09. The maximum Gasteiger partial charge on any atom is 0.273 e. The molecule has 0 fully saturated rings. The van der Waals surface area contributed by atoms with Crippen molar-refractivity contribution in [2.45, 2.75) is 0 Å². The third kappa shape index (κ3) is 4.99. The van der Waals surface area contributed by atoms with Crippen molar-refractivity contribution in [1.82, 2.24) is 10.9 Å². The zero-order valence-electron chi connectivity index (χ0n) is 17.3. The second kappa shape index (κ2) is 9.49. The number of carbonyl (C=O) groups is 3. The van der Waals surface area contributed by atoms with E-state index in [0.717, 1.165) is 0 Å². The molecular weight excluding hydrogens is 450 g/mol. The van der Waals surface area contributed by atoms with Crippen LogP contribution in [-0.4, -0.2) is 31.6 Å². The molecule has 0 bridgehead atoms. The van der Waals surface area contributed by atoms with E-state index in [9.17, 15) is 14.4 Å². The summed E-state index contributed by atoms with van der Waals surface area (Å²) in [5, 5.41) is 3.07. The molecule has 0 spiro atoms. The predicted molar refractivity (Wildman–Crippen MR) is 120 cm³/mol. The van der Waals surface area contributed by atoms with Gasteiger partial charge in [0.25, 0.3) is 17.7 Å². The molecule has 33 heavy (non-hydrogen) atoms. The number of benzene rings is 3. The van der Waals surface area contributed by atoms with E-state index >= 15 is 0 Å². The van der Waals surface area contributed by atoms with Crippen LogP contribution in [0, 0.1) is 0 Å². The first-order valence-electron chi connectivity index (χ1n) is 9.70. The number of nitrogens with one attached hydrogen (secondary N) is 3. The van der Waals surface area contributed by atoms with Crippen LogP contribution in [0.3, 0.4) is 0 Å². The molecule has 3 amide bonds. The summed E-state index contributed by atoms with van der Waals surface area (Å²) < 4.78 is 15.7. The Kier molecular flexibility index (Phi) is 6.32. The second-order valence-electron chi connectivity index (χ2n) is 6.86. The van der Waals surface area contributed by atoms with Gasteiger partial charge >= 0.3 is 0 Å². The van der Waals surface area contributed by atoms with E-state index in [4.69, 9.17) is 25.8 Å². The number of methoxy groups -OCH3 is 1. The van der Waals surface area contributed by atoms with Crippen LogP contribution >= 0.6 is 11.6 Å². The summed E-state index contributed by atoms with van der Waals surface area (Å²) in [7, 11) is 1.42. The lowest BCUT2D eigenvalue weighted by molar-refractivity contribution is 0.0845. The average Bonchev–Trinajstić information content (AvgIpc) is 3.30. The highest BCUT2D eigenvalue weighted by molar-refractivity contribution is 6.31. The number of hydrogen-bond acceptors (Lipinski definition) is 6. The Labute approximate surface area is 193 Å². The van der Waals surface area contributed by atoms with Crippen molar-refractivity contribution >= 4 is 35.0 Å². The molecule has 4 rings (SSSR count). The minimum atomic E-state index is -0.602. The number of fused-ring (bicyclic) bond motifs is 1. The van der Waals surface area contributed by atoms with Crippen molar-refractivity contribution in [3.8, 4) is 17.2 Å². The summed E-state index contributed by atoms with van der Waals surface area (Å²) in [5.41, 5.74) is 5.80. The van der Waals surface area contributed by atoms with Gasteiger partial charge in [-0.25, -0.2) is 0 Å². The molecular formula is C23H18ClN3O6. The molecule has 1 aliphatic heterocycles. The van der Waals surface area contributed by atoms with E-state index in [0.29, 0.717) is 33.5 Å². The van der Waals surface area contributed by atoms with Crippen molar-refractivity contribution in [2.24, 2.45) is 0 Å². The summed E-state index contributed by atoms with van der Waals surface area (Å²) in [6.07, 6.45) is 0. The van der Waals surface area contributed by atoms with Gasteiger partial charge in [0.15, 0.2) is 11.5 Å². The molecule has 3 aromatic rings. The van der Waals surface area contributed by atoms with E-state index in [1.165, 1.54) is 25.3 Å². The molecule has 0 atom stereocenters. The minimum absolute atomic E-state index is 0.109. The third-order valence-corrected chi connectivity index (χ3v) is 4.95. The van der Waals surface area contributed by atoms with Crippen LogP contribution in [0.1, 0.15) is 31.1 Å². The van der Waals surface area contributed by atoms with Gasteiger partial charge < -0.3 is 19.5 Å². The van der Waals surface area contributed by atoms with Gasteiger partial charge in [-0.15, -0.1) is 0 Å². The van der Waals surface area contributed by atoms with Crippen molar-refractivity contribution < 1.29 is 28.6 Å². The van der Waals surface area contributed by atoms with Gasteiger partial charge in [0.05, 0.1) is 12.7 Å². The smallest absolute Gasteiger partial charge is 0.273 e. The quantitative estimate of drug-likeness (QED) is 0.495. The molecule has 0 aliphatic carbocycles. The third-order valence-electron chi connectivity index (χ3n) is 4.71. The summed E-state index contributed by atoms with van der Waals surface area (Å²) >= 11 is 5.94. The Balaban J connectivity index is 1.40. The van der Waals surface area contributed by atoms with E-state index in [2.05, 4.69) is 16.2 Å². The standard InChI is InChI=1S/C23H18ClN3O6/c1-31-18-8-6-15(24)11-17(18)23(30)27-26-22(29)13-3-2-4-16(9-13)25-21(28)14-5-7-19-20(10-14)33-12-32-19/h2-11H,12H2,1H3,(H,25,28)(H,26,29)(H,27,30). The molecule has 10 heteroatoms. The fourth-order valence-corrected chi connectivity index (χ4v) is 3.26. The molecule has 0 unspecified atom stereocenters. The molecule has 0 radical (unpaired) electrons. The Morgan fingerprint density at radius 2 is 1.61 bits per heavy atom. The average molecular weight is 468 g/mol. The van der Waals surface area contributed by atoms with Gasteiger partial charge in [0.1, 0.15) is 5.75 Å². The molecule has 0 saturated carbocycles. The highest BCUT2D eigenvalue weighted by Gasteiger charge is 2.17. The summed E-state index contributed by atoms with van der Waals surface area (Å²) in [6.45, 7) is 0.109. The summed E-state index contributed by atoms with van der Waals surface area (Å²) in [4.78, 5) is 37.5. The van der Waals surface area contributed by atoms with Gasteiger partial charge in [-0.1, -0.05) is 17.7 Å². The fraction of sp³-hybridized carbons (Fsp3) is 0.0870. The van der Waals surface area contributed by atoms with Crippen molar-refractivity contribution in [3.05, 3.63) is 82.4 Å². The van der Waals surface area contributed by atoms with Crippen LogP contribution in [0.15, 0.2) is 60.7 Å². The van der Waals surface area contributed by atoms with Crippen LogP contribution in [0.2, 0.25) is 5.02 Å². The number of hydrazine groups is 1. The molecule has 0 saturated heterocycles. The lowest BCUT2D eigenvalue weighted by atomic mass is 10.1. The number of carbonyl (C=O) groups excluding carboxylic acids is 3. The Morgan fingerprint density at radius 1 is 0.848 bits per heavy atom. The highest BCUT2D eigenvalue weighted by atomic mass is 35.5. The first kappa shape index (κ1) is 22.0. The maximum atomic E-state index is 12.6. The van der Waals surface area contributed by atoms with E-state index in [1.807, 2.05) is 0 Å². The number of halogens is 1. The van der Waals surface area contributed by atoms with Crippen LogP contribution in [-0.2, 0) is 0 Å². The van der Waals surface area contributed by atoms with Gasteiger partial charge in [0, 0.05) is 21.8 Å². The molecule has 1 aliphatic rings. The number of hydrogen-bond donors (Lipinski definition) is 3. The van der Waals surface area contributed by atoms with Crippen molar-refractivity contribution in [2.75, 3.05) is 19.2 Å². The molecule has 3 N–H and O–H groups in total. The monoisotopic (exact) mass is 467 g/mol. The Bertz CT molecular complexity index is 1250. The largest absolute Gasteiger partial charge is 0.496 e. The second-order valence-corrected chi connectivity index (χ2v) is 7.29. The summed E-state index contributed by atoms with van der Waals surface area (Å²) in [6, 6.07) is 15.7. The zero-order chi connectivity index (χ0) is 23.4. The first-order valence-corrected chi connectivity index (χ1v) is 10.1. The van der Waals surface area contributed by atoms with Crippen molar-refractivity contribution in [1.29, 1.82) is 0 Å². The number of anilines is 1. The normalized spacial score (nSPS) is 11.5. The van der Waals surface area contributed by atoms with Gasteiger partial charge in [-0.3, -0.25) is 25.2 Å². The van der Waals surface area contributed by atoms with Gasteiger partial charge in [-0.2, -0.15) is 0 Å². The van der Waals surface area contributed by atoms with Gasteiger partial charge in [0.2, 0.25) is 6.79 Å². The molecule has 168 valence electrons. The Hall–Kier alpha value is -4.24. The number of amides is 3. The van der Waals surface area contributed by atoms with E-state index < -0.39 is 11.8 Å². The SMILES string of the molecule is COc1ccc(Cl)cc1C(=O)NNC(=O)c1cccc(NC(=O)c2ccc3c(c2)OCO3)c1. The number of rotatable bonds is 5. The van der Waals surface area contributed by atoms with Crippen LogP contribution in [0.5, 0.6) is 17.2 Å². The van der Waals surface area contributed by atoms with Crippen LogP contribution in [0.4, 0.5) is 5.69 Å². The lowest BCUT2D eigenvalue weighted by Gasteiger charge is -2.11. The summed E-state index contributed by atoms with van der Waals surface area (Å²) in [5.74, 6) is -0.199. The van der Waals surface area contributed by atoms with Crippen LogP contribution in [0.25, 0.3) is 0 Å². The van der Waals surface area contributed by atoms with E-state index in [1.54, 1.807) is 42.5 Å². The van der Waals surface area contributed by atoms with E-state index in [-0.39, 0.29) is 23.8 Å². The molecule has 1 heterocycles.